The van der Waals surface area contributed by atoms with Gasteiger partial charge in [0.25, 0.3) is 70.9 Å². The molecular weight excluding hydrogens is 1960 g/mol. The van der Waals surface area contributed by atoms with Crippen LogP contribution in [0.2, 0.25) is 0 Å². The number of carbonyl (C=O) groups is 24. The number of nitrogens with one attached hydrogen (secondary N) is 12. The van der Waals surface area contributed by atoms with E-state index in [4.69, 9.17) is 28.4 Å². The molecule has 786 valence electrons. The van der Waals surface area contributed by atoms with Gasteiger partial charge in [-0.05, 0) is 135 Å². The normalized spacial score (nSPS) is 12.9. The number of aromatic carboxylic acids is 12. The monoisotopic (exact) mass is 2060 g/mol. The van der Waals surface area contributed by atoms with Crippen LogP contribution in [0.5, 0.6) is 0 Å². The van der Waals surface area contributed by atoms with Crippen LogP contribution in [-0.2, 0) is 28.4 Å². The van der Waals surface area contributed by atoms with Gasteiger partial charge >= 0.3 is 71.6 Å². The van der Waals surface area contributed by atoms with Crippen molar-refractivity contribution in [2.75, 3.05) is 87.2 Å². The molecule has 0 fully saturated rings. The number of ether oxygens (including phenoxy) is 6. The lowest BCUT2D eigenvalue weighted by Gasteiger charge is -2.22. The summed E-state index contributed by atoms with van der Waals surface area (Å²) >= 11 is 0. The molecule has 0 aliphatic rings. The van der Waals surface area contributed by atoms with E-state index in [1.54, 1.807) is 0 Å². The van der Waals surface area contributed by atoms with Gasteiger partial charge in [-0.25, -0.2) is 57.5 Å². The molecular formula is C93H102N12O42. The molecule has 0 saturated carbocycles. The molecule has 12 amide bonds. The highest BCUT2D eigenvalue weighted by Gasteiger charge is 2.36. The van der Waals surface area contributed by atoms with Crippen LogP contribution >= 0.6 is 0 Å². The Bertz CT molecular complexity index is 6100. The van der Waals surface area contributed by atoms with Crippen molar-refractivity contribution in [3.63, 3.8) is 0 Å². The molecule has 8 atom stereocenters. The lowest BCUT2D eigenvalue weighted by Crippen LogP contribution is -2.40. The molecule has 6 aromatic carbocycles. The Labute approximate surface area is 830 Å². The van der Waals surface area contributed by atoms with E-state index in [0.717, 1.165) is 45.6 Å². The first kappa shape index (κ1) is 118. The van der Waals surface area contributed by atoms with E-state index in [1.165, 1.54) is 62.3 Å². The fourth-order valence-electron chi connectivity index (χ4n) is 13.7. The number of allylic oxidation sites excluding steroid dienone is 1. The van der Waals surface area contributed by atoms with E-state index in [2.05, 4.69) is 63.8 Å². The van der Waals surface area contributed by atoms with Gasteiger partial charge in [0.15, 0.2) is 0 Å². The molecule has 0 bridgehead atoms. The zero-order chi connectivity index (χ0) is 110. The molecule has 6 aromatic rings. The van der Waals surface area contributed by atoms with Crippen LogP contribution in [0.3, 0.4) is 0 Å². The molecule has 0 spiro atoms. The third kappa shape index (κ3) is 32.2. The van der Waals surface area contributed by atoms with Gasteiger partial charge in [0.1, 0.15) is 12.4 Å². The summed E-state index contributed by atoms with van der Waals surface area (Å²) in [5.41, 5.74) is -18.5. The highest BCUT2D eigenvalue weighted by Crippen LogP contribution is 2.28. The third-order valence-electron chi connectivity index (χ3n) is 20.6. The van der Waals surface area contributed by atoms with E-state index in [9.17, 15) is 176 Å². The molecule has 8 unspecified atom stereocenters. The maximum atomic E-state index is 14.2. The first-order valence-corrected chi connectivity index (χ1v) is 43.4. The molecule has 147 heavy (non-hydrogen) atoms. The van der Waals surface area contributed by atoms with Crippen LogP contribution in [0, 0.1) is 0 Å². The molecule has 0 saturated heterocycles. The van der Waals surface area contributed by atoms with Crippen molar-refractivity contribution in [3.8, 4) is 0 Å². The minimum Gasteiger partial charge on any atom is -0.491 e. The summed E-state index contributed by atoms with van der Waals surface area (Å²) < 4.78 is 34.6. The smallest absolute Gasteiger partial charge is 0.336 e. The van der Waals surface area contributed by atoms with Crippen LogP contribution in [0.1, 0.15) is 311 Å². The minimum absolute atomic E-state index is 0.295. The first-order valence-electron chi connectivity index (χ1n) is 43.4. The summed E-state index contributed by atoms with van der Waals surface area (Å²) in [6.07, 6.45) is -0.566. The number of benzene rings is 6. The molecule has 24 N–H and O–H groups in total. The van der Waals surface area contributed by atoms with Crippen LogP contribution < -0.4 is 63.8 Å². The Morgan fingerprint density at radius 3 is 0.463 bits per heavy atom. The molecule has 54 nitrogen and oxygen atoms in total. The number of hydrogen-bond donors (Lipinski definition) is 24. The molecule has 0 heterocycles. The number of hydrogen-bond acceptors (Lipinski definition) is 30. The number of rotatable bonds is 55. The second-order valence-corrected chi connectivity index (χ2v) is 32.8. The maximum absolute atomic E-state index is 14.2. The van der Waals surface area contributed by atoms with Crippen LogP contribution in [0.4, 0.5) is 0 Å². The highest BCUT2D eigenvalue weighted by atomic mass is 16.6. The summed E-state index contributed by atoms with van der Waals surface area (Å²) in [6.45, 7) is 7.44. The van der Waals surface area contributed by atoms with Gasteiger partial charge in [0.2, 0.25) is 0 Å². The second kappa shape index (κ2) is 53.2. The molecule has 0 aliphatic carbocycles. The molecule has 0 radical (unpaired) electrons. The Balaban J connectivity index is 1.21. The lowest BCUT2D eigenvalue weighted by molar-refractivity contribution is -0.0319. The average molecular weight is 2060 g/mol. The van der Waals surface area contributed by atoms with E-state index in [1.807, 2.05) is 0 Å². The largest absolute Gasteiger partial charge is 0.491 e. The van der Waals surface area contributed by atoms with Crippen molar-refractivity contribution in [2.45, 2.75) is 117 Å². The fourth-order valence-corrected chi connectivity index (χ4v) is 13.7. The SMILES string of the molecule is CNC(=O)c1cc(C(=O)NC(C)COCC(C)NC(=O)c2cc(C(=O)NC(C)=COC(COCC(C)NC(=O)c3cc(C(=O)NC(C)COCC(C)NC(=O)c4cc(C(=O)NC)c(C(=O)O)cc4C(=O)O)c(C(=O)O)cc3C(=O)O)COCC(C)NC(=O)c3cc(C(=O)NC(C)COCC(C)NC(=O)c4cc(C(=O)NC)c(C(=O)O)cc4C(=O)O)c(C(=O)O)cc3C(=O)O)c(C(=O)O)cc2C(=O)O)c(C(=O)O)cc1C(=O)O. The zero-order valence-electron chi connectivity index (χ0n) is 79.9. The van der Waals surface area contributed by atoms with E-state index in [-0.39, 0.29) is 25.5 Å². The summed E-state index contributed by atoms with van der Waals surface area (Å²) in [5.74, 6) is -34.8. The van der Waals surface area contributed by atoms with Crippen molar-refractivity contribution in [3.05, 3.63) is 218 Å². The molecule has 0 aromatic heterocycles. The van der Waals surface area contributed by atoms with Crippen LogP contribution in [0.15, 0.2) is 84.8 Å². The standard InChI is InChI=1S/C93H102N12O42/c1-36(97-73(109)49-13-46(70(106)94-10)58(82(118)119)19-61(49)85(124)125)25-142-28-39(4)100-76(112)52-16-54(66(90(134)135)22-64(52)88(130)131)79(115)103-42(7)31-145-34-45(147-33-44(9)105-81(117)57-18-56(68(92(138)139)24-69(57)93(140)141)78(114)102-41(6)30-144-27-38(3)99-75(111)51-15-48(72(108)96-12)60(84(122)123)21-63(51)87(128)129)35-146-32-43(8)104-80(116)55-17-53(65(89(132)133)23-67(55)91(136)137)77(113)101-40(5)29-143-26-37(2)98-74(110)50-14-47(71(107)95-11)59(83(120)121)20-62(50)86(126)127/h13-24,33,36-43,45H,25-32,34-35H2,1-12H3,(H,94,106)(H,95,107)(H,96,108)(H,97,109)(H,98,110)(H,99,111)(H,100,112)(H,101,113)(H,102,114)(H,103,115)(H,104,116)(H,105,117)(H,118,119)(H,120,121)(H,122,123)(H,124,125)(H,126,127)(H,128,129)(H,130,131)(H,132,133)(H,134,135)(H,136,137)(H,138,139)(H,140,141). The molecule has 54 heteroatoms. The van der Waals surface area contributed by atoms with Crippen molar-refractivity contribution < 1.29 is 205 Å². The molecule has 0 aliphatic heterocycles. The van der Waals surface area contributed by atoms with Gasteiger partial charge in [-0.2, -0.15) is 0 Å². The maximum Gasteiger partial charge on any atom is 0.336 e. The lowest BCUT2D eigenvalue weighted by atomic mass is 9.96. The molecule has 6 rings (SSSR count). The Morgan fingerprint density at radius 1 is 0.204 bits per heavy atom. The quantitative estimate of drug-likeness (QED) is 0.0241. The van der Waals surface area contributed by atoms with Crippen LogP contribution in [0.25, 0.3) is 0 Å². The first-order chi connectivity index (χ1) is 68.9. The van der Waals surface area contributed by atoms with Gasteiger partial charge in [-0.3, -0.25) is 57.5 Å². The predicted molar refractivity (Wildman–Crippen MR) is 498 cm³/mol. The van der Waals surface area contributed by atoms with Crippen molar-refractivity contribution in [1.29, 1.82) is 0 Å². The van der Waals surface area contributed by atoms with Gasteiger partial charge in [0, 0.05) is 75.2 Å². The van der Waals surface area contributed by atoms with Gasteiger partial charge in [0.05, 0.1) is 200 Å². The van der Waals surface area contributed by atoms with Crippen molar-refractivity contribution in [2.24, 2.45) is 0 Å². The third-order valence-corrected chi connectivity index (χ3v) is 20.6. The number of carboxylic acids is 12. The summed E-state index contributed by atoms with van der Waals surface area (Å²) in [7, 11) is 3.48. The van der Waals surface area contributed by atoms with Gasteiger partial charge in [-0.15, -0.1) is 0 Å². The summed E-state index contributed by atoms with van der Waals surface area (Å²) in [5, 5.41) is 148. The van der Waals surface area contributed by atoms with E-state index >= 15 is 0 Å². The predicted octanol–water partition coefficient (Wildman–Crippen LogP) is 1.65. The van der Waals surface area contributed by atoms with E-state index in [0.29, 0.717) is 54.6 Å². The zero-order valence-corrected chi connectivity index (χ0v) is 79.9. The number of carbonyl (C=O) groups excluding carboxylic acids is 12. The Kier molecular flexibility index (Phi) is 42.5. The summed E-state index contributed by atoms with van der Waals surface area (Å²) in [6, 6.07) is -0.703. The highest BCUT2D eigenvalue weighted by molar-refractivity contribution is 6.18. The van der Waals surface area contributed by atoms with Crippen LogP contribution in [-0.4, -0.2) is 345 Å². The van der Waals surface area contributed by atoms with Crippen molar-refractivity contribution >= 4 is 143 Å². The van der Waals surface area contributed by atoms with E-state index < -0.39 is 377 Å². The topological polar surface area (TPSA) is 852 Å². The summed E-state index contributed by atoms with van der Waals surface area (Å²) in [4.78, 5) is 310. The fraction of sp³-hybridized carbons (Fsp3) is 0.333. The van der Waals surface area contributed by atoms with Crippen molar-refractivity contribution in [1.82, 2.24) is 63.8 Å². The Hall–Kier alpha value is -18.1. The van der Waals surface area contributed by atoms with Gasteiger partial charge in [-0.1, -0.05) is 0 Å². The Morgan fingerprint density at radius 2 is 0.327 bits per heavy atom. The number of amides is 12. The second-order valence-electron chi connectivity index (χ2n) is 32.8. The minimum atomic E-state index is -1.88. The average Bonchev–Trinajstić information content (AvgIpc) is 0.801. The number of carboxylic acid groups (broad SMARTS) is 12. The van der Waals surface area contributed by atoms with Gasteiger partial charge < -0.3 is 154 Å².